The molecule has 6 nitrogen and oxygen atoms in total. The van der Waals surface area contributed by atoms with Crippen molar-refractivity contribution < 1.29 is 8.83 Å². The fraction of sp³-hybridized carbons (Fsp3) is 0. The van der Waals surface area contributed by atoms with Crippen molar-refractivity contribution in [3.05, 3.63) is 182 Å². The van der Waals surface area contributed by atoms with Gasteiger partial charge in [0.15, 0.2) is 17.5 Å². The van der Waals surface area contributed by atoms with Crippen LogP contribution in [-0.2, 0) is 0 Å². The van der Waals surface area contributed by atoms with Crippen molar-refractivity contribution in [2.24, 2.45) is 0 Å². The molecule has 12 aromatic rings. The number of hydrogen-bond donors (Lipinski definition) is 0. The highest BCUT2D eigenvalue weighted by molar-refractivity contribution is 6.12. The Labute approximate surface area is 325 Å². The second kappa shape index (κ2) is 12.3. The van der Waals surface area contributed by atoms with Crippen LogP contribution in [0.2, 0.25) is 0 Å². The summed E-state index contributed by atoms with van der Waals surface area (Å²) in [6, 6.07) is 62.9. The lowest BCUT2D eigenvalue weighted by Crippen LogP contribution is -2.00. The fourth-order valence-electron chi connectivity index (χ4n) is 8.32. The van der Waals surface area contributed by atoms with Gasteiger partial charge in [0, 0.05) is 54.7 Å². The Balaban J connectivity index is 0.963. The maximum Gasteiger partial charge on any atom is 0.164 e. The van der Waals surface area contributed by atoms with Crippen LogP contribution in [0.15, 0.2) is 191 Å². The molecule has 0 bridgehead atoms. The Kier molecular flexibility index (Phi) is 6.83. The first kappa shape index (κ1) is 31.5. The molecular formula is C51H30N4O2. The second-order valence-electron chi connectivity index (χ2n) is 14.4. The van der Waals surface area contributed by atoms with Gasteiger partial charge in [-0.3, -0.25) is 0 Å². The minimum Gasteiger partial charge on any atom is -0.456 e. The number of aromatic nitrogens is 4. The van der Waals surface area contributed by atoms with E-state index < -0.39 is 0 Å². The summed E-state index contributed by atoms with van der Waals surface area (Å²) in [5.41, 5.74) is 11.7. The molecule has 57 heavy (non-hydrogen) atoms. The minimum absolute atomic E-state index is 0.571. The number of fused-ring (bicyclic) bond motifs is 9. The number of para-hydroxylation sites is 3. The first-order valence-corrected chi connectivity index (χ1v) is 19.0. The van der Waals surface area contributed by atoms with Crippen LogP contribution in [0.1, 0.15) is 0 Å². The van der Waals surface area contributed by atoms with Crippen molar-refractivity contribution in [3.63, 3.8) is 0 Å². The van der Waals surface area contributed by atoms with Gasteiger partial charge in [-0.1, -0.05) is 103 Å². The fourth-order valence-corrected chi connectivity index (χ4v) is 8.32. The summed E-state index contributed by atoms with van der Waals surface area (Å²) in [6.07, 6.45) is 0. The zero-order chi connectivity index (χ0) is 37.5. The third-order valence-electron chi connectivity index (χ3n) is 11.1. The number of nitrogens with zero attached hydrogens (tertiary/aromatic N) is 4. The highest BCUT2D eigenvalue weighted by Crippen LogP contribution is 2.39. The summed E-state index contributed by atoms with van der Waals surface area (Å²) in [5.74, 6) is 1.76. The van der Waals surface area contributed by atoms with Crippen LogP contribution in [0.5, 0.6) is 0 Å². The van der Waals surface area contributed by atoms with Crippen LogP contribution in [0.3, 0.4) is 0 Å². The molecule has 12 rings (SSSR count). The molecule has 0 radical (unpaired) electrons. The molecule has 4 aromatic heterocycles. The summed E-state index contributed by atoms with van der Waals surface area (Å²) >= 11 is 0. The number of furan rings is 2. The lowest BCUT2D eigenvalue weighted by molar-refractivity contribution is 0.668. The van der Waals surface area contributed by atoms with Crippen LogP contribution in [0.4, 0.5) is 0 Å². The Morgan fingerprint density at radius 1 is 0.298 bits per heavy atom. The molecule has 0 saturated carbocycles. The van der Waals surface area contributed by atoms with Crippen molar-refractivity contribution in [2.45, 2.75) is 0 Å². The topological polar surface area (TPSA) is 69.9 Å². The molecule has 0 unspecified atom stereocenters. The summed E-state index contributed by atoms with van der Waals surface area (Å²) in [7, 11) is 0. The van der Waals surface area contributed by atoms with Crippen molar-refractivity contribution in [3.8, 4) is 51.0 Å². The highest BCUT2D eigenvalue weighted by atomic mass is 16.3. The molecule has 0 spiro atoms. The van der Waals surface area contributed by atoms with E-state index in [4.69, 9.17) is 23.8 Å². The van der Waals surface area contributed by atoms with Gasteiger partial charge in [0.25, 0.3) is 0 Å². The van der Waals surface area contributed by atoms with Gasteiger partial charge in [-0.2, -0.15) is 0 Å². The average molecular weight is 731 g/mol. The molecule has 6 heteroatoms. The van der Waals surface area contributed by atoms with Gasteiger partial charge in [-0.25, -0.2) is 15.0 Å². The Morgan fingerprint density at radius 3 is 1.56 bits per heavy atom. The predicted molar refractivity (Wildman–Crippen MR) is 230 cm³/mol. The summed E-state index contributed by atoms with van der Waals surface area (Å²) in [5, 5.41) is 6.62. The minimum atomic E-state index is 0.571. The van der Waals surface area contributed by atoms with Crippen LogP contribution in [0, 0.1) is 0 Å². The molecule has 0 atom stereocenters. The normalized spacial score (nSPS) is 11.9. The van der Waals surface area contributed by atoms with Crippen LogP contribution in [0.25, 0.3) is 117 Å². The molecule has 0 amide bonds. The van der Waals surface area contributed by atoms with Gasteiger partial charge in [0.1, 0.15) is 22.3 Å². The molecule has 0 aliphatic rings. The number of rotatable bonds is 5. The van der Waals surface area contributed by atoms with Crippen LogP contribution in [-0.4, -0.2) is 19.5 Å². The maximum atomic E-state index is 6.51. The lowest BCUT2D eigenvalue weighted by Gasteiger charge is -2.08. The highest BCUT2D eigenvalue weighted by Gasteiger charge is 2.18. The molecule has 0 aliphatic heterocycles. The quantitative estimate of drug-likeness (QED) is 0.176. The van der Waals surface area contributed by atoms with E-state index in [-0.39, 0.29) is 0 Å². The van der Waals surface area contributed by atoms with E-state index in [9.17, 15) is 0 Å². The van der Waals surface area contributed by atoms with E-state index in [1.807, 2.05) is 66.7 Å². The molecule has 0 N–H and O–H groups in total. The van der Waals surface area contributed by atoms with Gasteiger partial charge in [-0.15, -0.1) is 0 Å². The SMILES string of the molecule is c1ccc(-c2nc(-c3ccc4c(c3)oc3ccc(-c5ccc6c(c5)c5ccccc5n6-c5ccccc5)cc34)nc(-c3ccc4oc5ccccc5c4c3)n2)cc1. The van der Waals surface area contributed by atoms with Gasteiger partial charge in [0.05, 0.1) is 11.0 Å². The zero-order valence-electron chi connectivity index (χ0n) is 30.4. The van der Waals surface area contributed by atoms with E-state index in [0.717, 1.165) is 77.4 Å². The zero-order valence-corrected chi connectivity index (χ0v) is 30.4. The first-order chi connectivity index (χ1) is 28.2. The molecule has 0 fully saturated rings. The number of hydrogen-bond acceptors (Lipinski definition) is 5. The standard InChI is InChI=1S/C51H30N4O2/c1-3-11-31(12-4-1)49-52-50(34-22-26-46-42(29-34)38-16-8-10-18-45(38)56-46)54-51(53-49)35-19-23-39-41-28-33(21-25-47(41)57-48(39)30-35)32-20-24-44-40(27-32)37-15-7-9-17-43(37)55(44)36-13-5-2-6-14-36/h1-30H. The predicted octanol–water partition coefficient (Wildman–Crippen LogP) is 13.4. The van der Waals surface area contributed by atoms with Crippen molar-refractivity contribution in [2.75, 3.05) is 0 Å². The molecular weight excluding hydrogens is 701 g/mol. The molecule has 266 valence electrons. The van der Waals surface area contributed by atoms with Crippen LogP contribution >= 0.6 is 0 Å². The van der Waals surface area contributed by atoms with Crippen molar-refractivity contribution in [1.29, 1.82) is 0 Å². The largest absolute Gasteiger partial charge is 0.456 e. The summed E-state index contributed by atoms with van der Waals surface area (Å²) < 4.78 is 15.0. The Hall–Kier alpha value is -7.83. The average Bonchev–Trinajstić information content (AvgIpc) is 3.95. The molecule has 0 saturated heterocycles. The van der Waals surface area contributed by atoms with E-state index >= 15 is 0 Å². The molecule has 0 aliphatic carbocycles. The molecule has 4 heterocycles. The van der Waals surface area contributed by atoms with E-state index in [1.54, 1.807) is 0 Å². The first-order valence-electron chi connectivity index (χ1n) is 19.0. The van der Waals surface area contributed by atoms with Gasteiger partial charge < -0.3 is 13.4 Å². The smallest absolute Gasteiger partial charge is 0.164 e. The maximum absolute atomic E-state index is 6.51. The molecule has 8 aromatic carbocycles. The van der Waals surface area contributed by atoms with E-state index in [2.05, 4.69) is 120 Å². The Morgan fingerprint density at radius 2 is 0.789 bits per heavy atom. The third kappa shape index (κ3) is 5.08. The van der Waals surface area contributed by atoms with Gasteiger partial charge in [0.2, 0.25) is 0 Å². The van der Waals surface area contributed by atoms with Crippen molar-refractivity contribution >= 4 is 65.7 Å². The van der Waals surface area contributed by atoms with Gasteiger partial charge in [-0.05, 0) is 90.0 Å². The van der Waals surface area contributed by atoms with Gasteiger partial charge >= 0.3 is 0 Å². The van der Waals surface area contributed by atoms with E-state index in [0.29, 0.717) is 17.5 Å². The lowest BCUT2D eigenvalue weighted by atomic mass is 10.0. The summed E-state index contributed by atoms with van der Waals surface area (Å²) in [6.45, 7) is 0. The van der Waals surface area contributed by atoms with Crippen LogP contribution < -0.4 is 0 Å². The second-order valence-corrected chi connectivity index (χ2v) is 14.4. The Bertz CT molecular complexity index is 3530. The number of benzene rings is 8. The third-order valence-corrected chi connectivity index (χ3v) is 11.1. The van der Waals surface area contributed by atoms with Crippen molar-refractivity contribution in [1.82, 2.24) is 19.5 Å². The van der Waals surface area contributed by atoms with E-state index in [1.165, 1.54) is 21.8 Å². The summed E-state index contributed by atoms with van der Waals surface area (Å²) in [4.78, 5) is 15.0. The monoisotopic (exact) mass is 730 g/mol.